The maximum absolute atomic E-state index is 11.8. The quantitative estimate of drug-likeness (QED) is 0.607. The van der Waals surface area contributed by atoms with E-state index in [1.54, 1.807) is 0 Å². The van der Waals surface area contributed by atoms with Crippen LogP contribution in [0.1, 0.15) is 11.1 Å². The summed E-state index contributed by atoms with van der Waals surface area (Å²) in [6.07, 6.45) is 2.00. The number of rotatable bonds is 3. The highest BCUT2D eigenvalue weighted by atomic mass is 32.2. The van der Waals surface area contributed by atoms with Crippen LogP contribution in [0.5, 0.6) is 0 Å². The summed E-state index contributed by atoms with van der Waals surface area (Å²) < 4.78 is 26.3. The van der Waals surface area contributed by atoms with Crippen LogP contribution in [-0.2, 0) is 16.4 Å². The van der Waals surface area contributed by atoms with E-state index in [1.165, 1.54) is 28.5 Å². The van der Waals surface area contributed by atoms with Crippen LogP contribution in [0.25, 0.3) is 22.3 Å². The first-order chi connectivity index (χ1) is 11.5. The molecule has 0 atom stereocenters. The van der Waals surface area contributed by atoms with Crippen LogP contribution >= 0.6 is 0 Å². The highest BCUT2D eigenvalue weighted by molar-refractivity contribution is 7.92. The Morgan fingerprint density at radius 1 is 0.833 bits per heavy atom. The molecule has 0 aromatic heterocycles. The van der Waals surface area contributed by atoms with Crippen molar-refractivity contribution in [2.24, 2.45) is 0 Å². The summed E-state index contributed by atoms with van der Waals surface area (Å²) in [5.41, 5.74) is 7.50. The van der Waals surface area contributed by atoms with Crippen LogP contribution in [0.3, 0.4) is 0 Å². The third kappa shape index (κ3) is 2.59. The van der Waals surface area contributed by atoms with Gasteiger partial charge in [0.25, 0.3) is 0 Å². The molecule has 24 heavy (non-hydrogen) atoms. The highest BCUT2D eigenvalue weighted by Crippen LogP contribution is 2.44. The van der Waals surface area contributed by atoms with E-state index in [9.17, 15) is 8.42 Å². The molecule has 0 fully saturated rings. The van der Waals surface area contributed by atoms with Gasteiger partial charge in [0.2, 0.25) is 10.0 Å². The Bertz CT molecular complexity index is 1020. The summed E-state index contributed by atoms with van der Waals surface area (Å²) in [4.78, 5) is 0. The molecule has 3 aromatic carbocycles. The first-order valence-corrected chi connectivity index (χ1v) is 9.69. The number of fused-ring (bicyclic) bond motifs is 3. The molecule has 0 saturated carbocycles. The van der Waals surface area contributed by atoms with Crippen LogP contribution in [0, 0.1) is 0 Å². The van der Waals surface area contributed by atoms with Crippen molar-refractivity contribution >= 4 is 15.7 Å². The predicted octanol–water partition coefficient (Wildman–Crippen LogP) is 4.30. The lowest BCUT2D eigenvalue weighted by atomic mass is 9.94. The molecular formula is C20H17NO2S. The number of benzene rings is 3. The molecule has 0 spiro atoms. The van der Waals surface area contributed by atoms with Crippen molar-refractivity contribution in [3.8, 4) is 22.3 Å². The number of sulfonamides is 1. The monoisotopic (exact) mass is 335 g/mol. The van der Waals surface area contributed by atoms with E-state index < -0.39 is 10.0 Å². The Hall–Kier alpha value is -2.59. The second-order valence-corrected chi connectivity index (χ2v) is 7.84. The molecular weight excluding hydrogens is 318 g/mol. The zero-order valence-electron chi connectivity index (χ0n) is 13.3. The van der Waals surface area contributed by atoms with Gasteiger partial charge in [-0.05, 0) is 40.3 Å². The minimum absolute atomic E-state index is 0.634. The van der Waals surface area contributed by atoms with Gasteiger partial charge in [-0.2, -0.15) is 0 Å². The van der Waals surface area contributed by atoms with E-state index in [-0.39, 0.29) is 0 Å². The maximum Gasteiger partial charge on any atom is 0.229 e. The molecule has 0 amide bonds. The van der Waals surface area contributed by atoms with Crippen molar-refractivity contribution in [1.82, 2.24) is 0 Å². The molecule has 4 rings (SSSR count). The van der Waals surface area contributed by atoms with Gasteiger partial charge in [0.05, 0.1) is 11.9 Å². The summed E-state index contributed by atoms with van der Waals surface area (Å²) in [7, 11) is -3.34. The van der Waals surface area contributed by atoms with Crippen molar-refractivity contribution in [2.45, 2.75) is 6.42 Å². The van der Waals surface area contributed by atoms with Crippen LogP contribution in [0.4, 0.5) is 5.69 Å². The lowest BCUT2D eigenvalue weighted by molar-refractivity contribution is 0.607. The van der Waals surface area contributed by atoms with Gasteiger partial charge in [-0.15, -0.1) is 0 Å². The normalized spacial score (nSPS) is 12.5. The Morgan fingerprint density at radius 2 is 1.54 bits per heavy atom. The summed E-state index contributed by atoms with van der Waals surface area (Å²) in [6.45, 7) is 0. The SMILES string of the molecule is CS(=O)(=O)Nc1ccc2c(c1-c1ccccc1)Cc1ccccc1-2. The molecule has 1 aliphatic rings. The largest absolute Gasteiger partial charge is 0.283 e. The van der Waals surface area contributed by atoms with E-state index in [2.05, 4.69) is 16.9 Å². The van der Waals surface area contributed by atoms with Gasteiger partial charge in [0, 0.05) is 5.56 Å². The Labute approximate surface area is 142 Å². The Balaban J connectivity index is 1.98. The van der Waals surface area contributed by atoms with E-state index >= 15 is 0 Å². The molecule has 3 nitrogen and oxygen atoms in total. The fourth-order valence-electron chi connectivity index (χ4n) is 3.43. The van der Waals surface area contributed by atoms with Crippen molar-refractivity contribution in [3.63, 3.8) is 0 Å². The second-order valence-electron chi connectivity index (χ2n) is 6.09. The summed E-state index contributed by atoms with van der Waals surface area (Å²) in [5.74, 6) is 0. The first-order valence-electron chi connectivity index (χ1n) is 7.80. The molecule has 0 bridgehead atoms. The first kappa shape index (κ1) is 15.0. The standard InChI is InChI=1S/C20H17NO2S/c1-24(22,23)21-19-12-11-17-16-10-6-5-9-15(16)13-18(17)20(19)14-7-3-2-4-8-14/h2-12,21H,13H2,1H3. The van der Waals surface area contributed by atoms with Gasteiger partial charge in [0.1, 0.15) is 0 Å². The minimum Gasteiger partial charge on any atom is -0.283 e. The van der Waals surface area contributed by atoms with Crippen LogP contribution < -0.4 is 4.72 Å². The third-order valence-corrected chi connectivity index (χ3v) is 4.94. The second kappa shape index (κ2) is 5.49. The summed E-state index contributed by atoms with van der Waals surface area (Å²) >= 11 is 0. The molecule has 3 aromatic rings. The zero-order valence-corrected chi connectivity index (χ0v) is 14.1. The highest BCUT2D eigenvalue weighted by Gasteiger charge is 2.24. The molecule has 1 aliphatic carbocycles. The van der Waals surface area contributed by atoms with Crippen molar-refractivity contribution in [2.75, 3.05) is 11.0 Å². The molecule has 0 saturated heterocycles. The summed E-state index contributed by atoms with van der Waals surface area (Å²) in [5, 5.41) is 0. The van der Waals surface area contributed by atoms with Crippen molar-refractivity contribution in [1.29, 1.82) is 0 Å². The fourth-order valence-corrected chi connectivity index (χ4v) is 4.00. The number of anilines is 1. The van der Waals surface area contributed by atoms with Gasteiger partial charge >= 0.3 is 0 Å². The van der Waals surface area contributed by atoms with E-state index in [1.807, 2.05) is 54.6 Å². The molecule has 1 N–H and O–H groups in total. The smallest absolute Gasteiger partial charge is 0.229 e. The van der Waals surface area contributed by atoms with Gasteiger partial charge in [-0.1, -0.05) is 60.7 Å². The maximum atomic E-state index is 11.8. The average molecular weight is 335 g/mol. The van der Waals surface area contributed by atoms with E-state index in [0.29, 0.717) is 5.69 Å². The predicted molar refractivity (Wildman–Crippen MR) is 98.6 cm³/mol. The van der Waals surface area contributed by atoms with Crippen LogP contribution in [-0.4, -0.2) is 14.7 Å². The lowest BCUT2D eigenvalue weighted by Crippen LogP contribution is -2.11. The molecule has 4 heteroatoms. The summed E-state index contributed by atoms with van der Waals surface area (Å²) in [6, 6.07) is 22.2. The number of nitrogens with one attached hydrogen (secondary N) is 1. The van der Waals surface area contributed by atoms with Gasteiger partial charge in [-0.25, -0.2) is 8.42 Å². The minimum atomic E-state index is -3.34. The van der Waals surface area contributed by atoms with E-state index in [0.717, 1.165) is 17.5 Å². The van der Waals surface area contributed by atoms with Gasteiger partial charge < -0.3 is 0 Å². The molecule has 0 aliphatic heterocycles. The van der Waals surface area contributed by atoms with Crippen molar-refractivity contribution < 1.29 is 8.42 Å². The van der Waals surface area contributed by atoms with Crippen molar-refractivity contribution in [3.05, 3.63) is 77.9 Å². The van der Waals surface area contributed by atoms with E-state index in [4.69, 9.17) is 0 Å². The molecule has 0 heterocycles. The number of hydrogen-bond acceptors (Lipinski definition) is 2. The Morgan fingerprint density at radius 3 is 2.29 bits per heavy atom. The zero-order chi connectivity index (χ0) is 16.7. The average Bonchev–Trinajstić information content (AvgIpc) is 2.92. The van der Waals surface area contributed by atoms with Crippen LogP contribution in [0.15, 0.2) is 66.7 Å². The van der Waals surface area contributed by atoms with Gasteiger partial charge in [-0.3, -0.25) is 4.72 Å². The van der Waals surface area contributed by atoms with Gasteiger partial charge in [0.15, 0.2) is 0 Å². The number of hydrogen-bond donors (Lipinski definition) is 1. The van der Waals surface area contributed by atoms with Crippen LogP contribution in [0.2, 0.25) is 0 Å². The Kier molecular flexibility index (Phi) is 3.43. The fraction of sp³-hybridized carbons (Fsp3) is 0.100. The lowest BCUT2D eigenvalue weighted by Gasteiger charge is -2.16. The molecule has 120 valence electrons. The molecule has 0 radical (unpaired) electrons. The third-order valence-electron chi connectivity index (χ3n) is 4.35. The topological polar surface area (TPSA) is 46.2 Å². The molecule has 0 unspecified atom stereocenters.